The average molecular weight is 291 g/mol. The molecule has 1 N–H and O–H groups in total. The van der Waals surface area contributed by atoms with E-state index in [1.165, 1.54) is 25.7 Å². The fourth-order valence-electron chi connectivity index (χ4n) is 2.64. The summed E-state index contributed by atoms with van der Waals surface area (Å²) >= 11 is 0. The summed E-state index contributed by atoms with van der Waals surface area (Å²) in [5, 5.41) is 2.97. The summed E-state index contributed by atoms with van der Waals surface area (Å²) in [6, 6.07) is 5.49. The third-order valence-corrected chi connectivity index (χ3v) is 4.00. The molecule has 1 amide bonds. The third-order valence-electron chi connectivity index (χ3n) is 4.00. The lowest BCUT2D eigenvalue weighted by Gasteiger charge is -2.26. The van der Waals surface area contributed by atoms with E-state index in [-0.39, 0.29) is 11.9 Å². The van der Waals surface area contributed by atoms with Gasteiger partial charge in [-0.1, -0.05) is 18.9 Å². The topological polar surface area (TPSA) is 54.5 Å². The fraction of sp³-hybridized carbons (Fsp3) is 0.625. The summed E-state index contributed by atoms with van der Waals surface area (Å²) < 4.78 is 5.09. The summed E-state index contributed by atoms with van der Waals surface area (Å²) in [6.07, 6.45) is 4.93. The maximum Gasteiger partial charge on any atom is 0.237 e. The molecule has 1 fully saturated rings. The predicted octanol–water partition coefficient (Wildman–Crippen LogP) is 1.97. The quantitative estimate of drug-likeness (QED) is 0.901. The summed E-state index contributed by atoms with van der Waals surface area (Å²) in [5.74, 6) is 0.642. The second-order valence-corrected chi connectivity index (χ2v) is 5.52. The van der Waals surface area contributed by atoms with Gasteiger partial charge in [0.05, 0.1) is 25.4 Å². The lowest BCUT2D eigenvalue weighted by atomic mass is 10.2. The van der Waals surface area contributed by atoms with Gasteiger partial charge in [-0.15, -0.1) is 0 Å². The van der Waals surface area contributed by atoms with E-state index in [0.29, 0.717) is 12.4 Å². The van der Waals surface area contributed by atoms with Crippen LogP contribution in [0.1, 0.15) is 38.3 Å². The molecule has 2 rings (SSSR count). The van der Waals surface area contributed by atoms with Gasteiger partial charge in [0.25, 0.3) is 0 Å². The molecule has 0 aliphatic carbocycles. The van der Waals surface area contributed by atoms with Crippen LogP contribution in [0.15, 0.2) is 18.2 Å². The molecule has 0 saturated carbocycles. The molecule has 0 aromatic carbocycles. The zero-order valence-electron chi connectivity index (χ0n) is 13.0. The highest BCUT2D eigenvalue weighted by Gasteiger charge is 2.21. The number of nitrogens with one attached hydrogen (secondary N) is 1. The molecule has 0 bridgehead atoms. The highest BCUT2D eigenvalue weighted by atomic mass is 16.5. The van der Waals surface area contributed by atoms with Gasteiger partial charge in [-0.05, 0) is 38.9 Å². The molecular formula is C16H25N3O2. The molecule has 21 heavy (non-hydrogen) atoms. The summed E-state index contributed by atoms with van der Waals surface area (Å²) in [4.78, 5) is 18.8. The van der Waals surface area contributed by atoms with E-state index >= 15 is 0 Å². The number of rotatable bonds is 5. The van der Waals surface area contributed by atoms with Crippen LogP contribution in [0.2, 0.25) is 0 Å². The van der Waals surface area contributed by atoms with Gasteiger partial charge in [0, 0.05) is 6.07 Å². The van der Waals surface area contributed by atoms with Crippen molar-refractivity contribution < 1.29 is 9.53 Å². The molecule has 1 aromatic heterocycles. The first kappa shape index (κ1) is 15.8. The van der Waals surface area contributed by atoms with Crippen molar-refractivity contribution in [2.45, 2.75) is 45.2 Å². The highest BCUT2D eigenvalue weighted by molar-refractivity contribution is 5.81. The summed E-state index contributed by atoms with van der Waals surface area (Å²) in [6.45, 7) is 4.46. The molecule has 1 saturated heterocycles. The molecule has 1 atom stereocenters. The number of hydrogen-bond acceptors (Lipinski definition) is 4. The first-order valence-corrected chi connectivity index (χ1v) is 7.72. The first-order chi connectivity index (χ1) is 10.2. The van der Waals surface area contributed by atoms with Crippen LogP contribution in [-0.2, 0) is 11.3 Å². The van der Waals surface area contributed by atoms with Crippen molar-refractivity contribution in [2.75, 3.05) is 20.2 Å². The van der Waals surface area contributed by atoms with Crippen molar-refractivity contribution in [3.8, 4) is 5.88 Å². The van der Waals surface area contributed by atoms with Crippen molar-refractivity contribution in [1.29, 1.82) is 0 Å². The van der Waals surface area contributed by atoms with E-state index in [9.17, 15) is 4.79 Å². The van der Waals surface area contributed by atoms with Crippen LogP contribution in [0.25, 0.3) is 0 Å². The Morgan fingerprint density at radius 2 is 2.05 bits per heavy atom. The number of methoxy groups -OCH3 is 1. The smallest absolute Gasteiger partial charge is 0.237 e. The molecule has 2 heterocycles. The first-order valence-electron chi connectivity index (χ1n) is 7.72. The van der Waals surface area contributed by atoms with E-state index in [0.717, 1.165) is 18.8 Å². The Labute approximate surface area is 126 Å². The minimum atomic E-state index is -0.0753. The Morgan fingerprint density at radius 3 is 2.71 bits per heavy atom. The van der Waals surface area contributed by atoms with Crippen molar-refractivity contribution >= 4 is 5.91 Å². The van der Waals surface area contributed by atoms with Crippen molar-refractivity contribution in [3.63, 3.8) is 0 Å². The van der Waals surface area contributed by atoms with E-state index in [4.69, 9.17) is 4.74 Å². The fourth-order valence-corrected chi connectivity index (χ4v) is 2.64. The van der Waals surface area contributed by atoms with E-state index in [1.807, 2.05) is 19.1 Å². The molecular weight excluding hydrogens is 266 g/mol. The molecule has 5 heteroatoms. The van der Waals surface area contributed by atoms with E-state index in [1.54, 1.807) is 13.2 Å². The van der Waals surface area contributed by atoms with Crippen LogP contribution in [0.5, 0.6) is 5.88 Å². The van der Waals surface area contributed by atoms with Gasteiger partial charge in [-0.25, -0.2) is 4.98 Å². The SMILES string of the molecule is COc1cccc(CNC(=O)[C@@H](C)N2CCCCCC2)n1. The summed E-state index contributed by atoms with van der Waals surface area (Å²) in [5.41, 5.74) is 0.811. The van der Waals surface area contributed by atoms with Crippen molar-refractivity contribution in [1.82, 2.24) is 15.2 Å². The number of hydrogen-bond donors (Lipinski definition) is 1. The van der Waals surface area contributed by atoms with E-state index in [2.05, 4.69) is 15.2 Å². The minimum absolute atomic E-state index is 0.0709. The van der Waals surface area contributed by atoms with Crippen LogP contribution in [-0.4, -0.2) is 42.0 Å². The second-order valence-electron chi connectivity index (χ2n) is 5.52. The van der Waals surface area contributed by atoms with Gasteiger partial charge in [0.15, 0.2) is 0 Å². The number of pyridine rings is 1. The highest BCUT2D eigenvalue weighted by Crippen LogP contribution is 2.13. The number of amides is 1. The van der Waals surface area contributed by atoms with Crippen LogP contribution < -0.4 is 10.1 Å². The number of aromatic nitrogens is 1. The number of carbonyl (C=O) groups is 1. The average Bonchev–Trinajstić information content (AvgIpc) is 2.81. The molecule has 0 radical (unpaired) electrons. The molecule has 1 aliphatic heterocycles. The Balaban J connectivity index is 1.85. The van der Waals surface area contributed by atoms with Crippen LogP contribution in [0.4, 0.5) is 0 Å². The lowest BCUT2D eigenvalue weighted by Crippen LogP contribution is -2.45. The minimum Gasteiger partial charge on any atom is -0.481 e. The monoisotopic (exact) mass is 291 g/mol. The maximum atomic E-state index is 12.3. The Kier molecular flexibility index (Phi) is 5.99. The zero-order chi connectivity index (χ0) is 15.1. The normalized spacial score (nSPS) is 17.8. The van der Waals surface area contributed by atoms with Gasteiger partial charge in [-0.2, -0.15) is 0 Å². The Morgan fingerprint density at radius 1 is 1.33 bits per heavy atom. The van der Waals surface area contributed by atoms with Gasteiger partial charge in [0.2, 0.25) is 11.8 Å². The van der Waals surface area contributed by atoms with Crippen LogP contribution >= 0.6 is 0 Å². The molecule has 0 unspecified atom stereocenters. The molecule has 5 nitrogen and oxygen atoms in total. The molecule has 1 aromatic rings. The Bertz CT molecular complexity index is 457. The van der Waals surface area contributed by atoms with Crippen LogP contribution in [0.3, 0.4) is 0 Å². The summed E-state index contributed by atoms with van der Waals surface area (Å²) in [7, 11) is 1.59. The van der Waals surface area contributed by atoms with Gasteiger partial charge >= 0.3 is 0 Å². The lowest BCUT2D eigenvalue weighted by molar-refractivity contribution is -0.126. The predicted molar refractivity (Wildman–Crippen MR) is 82.1 cm³/mol. The van der Waals surface area contributed by atoms with Crippen LogP contribution in [0, 0.1) is 0 Å². The number of ether oxygens (including phenoxy) is 1. The van der Waals surface area contributed by atoms with Gasteiger partial charge in [0.1, 0.15) is 0 Å². The van der Waals surface area contributed by atoms with Gasteiger partial charge < -0.3 is 10.1 Å². The van der Waals surface area contributed by atoms with E-state index < -0.39 is 0 Å². The number of carbonyl (C=O) groups excluding carboxylic acids is 1. The standard InChI is InChI=1S/C16H25N3O2/c1-13(19-10-5-3-4-6-11-19)16(20)17-12-14-8-7-9-15(18-14)21-2/h7-9,13H,3-6,10-12H2,1-2H3,(H,17,20)/t13-/m1/s1. The zero-order valence-corrected chi connectivity index (χ0v) is 13.0. The number of nitrogens with zero attached hydrogens (tertiary/aromatic N) is 2. The van der Waals surface area contributed by atoms with Crippen molar-refractivity contribution in [3.05, 3.63) is 23.9 Å². The molecule has 1 aliphatic rings. The third kappa shape index (κ3) is 4.70. The maximum absolute atomic E-state index is 12.3. The number of likely N-dealkylation sites (tertiary alicyclic amines) is 1. The largest absolute Gasteiger partial charge is 0.481 e. The van der Waals surface area contributed by atoms with Crippen molar-refractivity contribution in [2.24, 2.45) is 0 Å². The molecule has 116 valence electrons. The Hall–Kier alpha value is -1.62. The molecule has 0 spiro atoms. The second kappa shape index (κ2) is 7.98. The van der Waals surface area contributed by atoms with Gasteiger partial charge in [-0.3, -0.25) is 9.69 Å².